The van der Waals surface area contributed by atoms with Gasteiger partial charge in [-0.1, -0.05) is 26.0 Å². The Morgan fingerprint density at radius 2 is 1.59 bits per heavy atom. The van der Waals surface area contributed by atoms with Crippen molar-refractivity contribution in [2.24, 2.45) is 15.9 Å². The molecule has 0 unspecified atom stereocenters. The van der Waals surface area contributed by atoms with E-state index in [4.69, 9.17) is 28.8 Å². The zero-order valence-electron chi connectivity index (χ0n) is 20.8. The zero-order chi connectivity index (χ0) is 23.3. The molecule has 0 radical (unpaired) electrons. The molecule has 2 aliphatic heterocycles. The van der Waals surface area contributed by atoms with E-state index in [9.17, 15) is 0 Å². The molecule has 2 heterocycles. The number of methoxy groups -OCH3 is 2. The Balaban J connectivity index is 1.63. The fourth-order valence-corrected chi connectivity index (χ4v) is 4.89. The van der Waals surface area contributed by atoms with Crippen molar-refractivity contribution in [1.82, 2.24) is 0 Å². The standard InChI is InChI=1S/C25H37BN2O4/c1-15(2)21-23(30-8)27-20(22(28-21)29-7)14-16-12-13-19(18-11-9-10-17(16)18)26-31-24(3,4)25(5,6)32-26/h12-13,15,20-21H,9-11,14H2,1-8H3/t20-,21+/m0/s1. The second-order valence-corrected chi connectivity index (χ2v) is 10.5. The maximum Gasteiger partial charge on any atom is 0.495 e. The Morgan fingerprint density at radius 3 is 2.19 bits per heavy atom. The van der Waals surface area contributed by atoms with Crippen LogP contribution in [0.4, 0.5) is 0 Å². The molecule has 1 fully saturated rings. The van der Waals surface area contributed by atoms with E-state index in [1.54, 1.807) is 14.2 Å². The minimum atomic E-state index is -0.341. The van der Waals surface area contributed by atoms with Crippen LogP contribution in [0, 0.1) is 5.92 Å². The number of benzene rings is 1. The van der Waals surface area contributed by atoms with E-state index in [2.05, 4.69) is 53.7 Å². The molecular formula is C25H37BN2O4. The van der Waals surface area contributed by atoms with Crippen LogP contribution < -0.4 is 5.46 Å². The zero-order valence-corrected chi connectivity index (χ0v) is 20.8. The fourth-order valence-electron chi connectivity index (χ4n) is 4.89. The van der Waals surface area contributed by atoms with E-state index in [-0.39, 0.29) is 30.4 Å². The lowest BCUT2D eigenvalue weighted by Gasteiger charge is -2.32. The molecule has 4 rings (SSSR count). The number of ether oxygens (including phenoxy) is 2. The van der Waals surface area contributed by atoms with Gasteiger partial charge in [-0.3, -0.25) is 0 Å². The molecule has 0 bridgehead atoms. The molecule has 1 aromatic carbocycles. The predicted molar refractivity (Wildman–Crippen MR) is 129 cm³/mol. The molecule has 3 aliphatic rings. The molecule has 1 aromatic rings. The molecule has 1 aliphatic carbocycles. The third-order valence-corrected chi connectivity index (χ3v) is 7.48. The monoisotopic (exact) mass is 440 g/mol. The van der Waals surface area contributed by atoms with Crippen LogP contribution >= 0.6 is 0 Å². The van der Waals surface area contributed by atoms with Gasteiger partial charge in [0, 0.05) is 6.42 Å². The summed E-state index contributed by atoms with van der Waals surface area (Å²) in [5.41, 5.74) is 4.58. The fraction of sp³-hybridized carbons (Fsp3) is 0.680. The highest BCUT2D eigenvalue weighted by Gasteiger charge is 2.52. The quantitative estimate of drug-likeness (QED) is 0.673. The maximum atomic E-state index is 6.36. The van der Waals surface area contributed by atoms with Gasteiger partial charge in [-0.2, -0.15) is 0 Å². The second kappa shape index (κ2) is 8.49. The number of rotatable bonds is 4. The first-order chi connectivity index (χ1) is 15.1. The van der Waals surface area contributed by atoms with Crippen LogP contribution in [-0.2, 0) is 38.0 Å². The molecule has 0 amide bonds. The highest BCUT2D eigenvalue weighted by molar-refractivity contribution is 6.62. The summed E-state index contributed by atoms with van der Waals surface area (Å²) in [6, 6.07) is 4.14. The number of hydrogen-bond donors (Lipinski definition) is 0. The highest BCUT2D eigenvalue weighted by Crippen LogP contribution is 2.38. The summed E-state index contributed by atoms with van der Waals surface area (Å²) < 4.78 is 24.0. The van der Waals surface area contributed by atoms with Gasteiger partial charge in [0.05, 0.1) is 25.4 Å². The van der Waals surface area contributed by atoms with Crippen LogP contribution in [0.5, 0.6) is 0 Å². The SMILES string of the molecule is COC1=N[C@H](C(C)C)C(OC)=N[C@H]1Cc1ccc(B2OC(C)(C)C(C)(C)O2)c2c1CCC2. The number of hydrogen-bond acceptors (Lipinski definition) is 6. The van der Waals surface area contributed by atoms with Crippen LogP contribution in [0.3, 0.4) is 0 Å². The molecule has 174 valence electrons. The minimum Gasteiger partial charge on any atom is -0.483 e. The molecular weight excluding hydrogens is 403 g/mol. The van der Waals surface area contributed by atoms with Crippen molar-refractivity contribution in [2.45, 2.75) is 90.5 Å². The van der Waals surface area contributed by atoms with Crippen LogP contribution in [0.2, 0.25) is 0 Å². The molecule has 7 heteroatoms. The summed E-state index contributed by atoms with van der Waals surface area (Å²) in [6.45, 7) is 12.7. The van der Waals surface area contributed by atoms with E-state index in [0.717, 1.165) is 25.7 Å². The van der Waals surface area contributed by atoms with Gasteiger partial charge in [-0.25, -0.2) is 9.98 Å². The van der Waals surface area contributed by atoms with Crippen LogP contribution in [0.1, 0.15) is 64.7 Å². The Hall–Kier alpha value is -1.86. The first-order valence-electron chi connectivity index (χ1n) is 11.8. The first kappa shape index (κ1) is 23.3. The molecule has 0 saturated carbocycles. The topological polar surface area (TPSA) is 61.6 Å². The Labute approximate surface area is 192 Å². The molecule has 0 spiro atoms. The molecule has 6 nitrogen and oxygen atoms in total. The van der Waals surface area contributed by atoms with Crippen LogP contribution in [-0.4, -0.2) is 56.4 Å². The Kier molecular flexibility index (Phi) is 6.18. The summed E-state index contributed by atoms with van der Waals surface area (Å²) in [4.78, 5) is 9.74. The van der Waals surface area contributed by atoms with Crippen LogP contribution in [0.15, 0.2) is 22.1 Å². The average Bonchev–Trinajstić information content (AvgIpc) is 3.30. The van der Waals surface area contributed by atoms with E-state index < -0.39 is 0 Å². The molecule has 2 atom stereocenters. The number of nitrogens with zero attached hydrogens (tertiary/aromatic N) is 2. The van der Waals surface area contributed by atoms with E-state index >= 15 is 0 Å². The van der Waals surface area contributed by atoms with Gasteiger partial charge in [0.25, 0.3) is 0 Å². The molecule has 32 heavy (non-hydrogen) atoms. The third kappa shape index (κ3) is 3.98. The Morgan fingerprint density at radius 1 is 0.969 bits per heavy atom. The first-order valence-corrected chi connectivity index (χ1v) is 11.8. The molecule has 1 saturated heterocycles. The summed E-state index contributed by atoms with van der Waals surface area (Å²) in [6.07, 6.45) is 4.02. The van der Waals surface area contributed by atoms with Gasteiger partial charge in [-0.05, 0) is 75.0 Å². The van der Waals surface area contributed by atoms with Crippen molar-refractivity contribution in [3.63, 3.8) is 0 Å². The average molecular weight is 440 g/mol. The van der Waals surface area contributed by atoms with Crippen molar-refractivity contribution < 1.29 is 18.8 Å². The predicted octanol–water partition coefficient (Wildman–Crippen LogP) is 3.51. The molecule has 0 N–H and O–H groups in total. The van der Waals surface area contributed by atoms with E-state index in [1.807, 2.05) is 0 Å². The van der Waals surface area contributed by atoms with E-state index in [0.29, 0.717) is 17.7 Å². The lowest BCUT2D eigenvalue weighted by Crippen LogP contribution is -2.41. The molecule has 0 aromatic heterocycles. The van der Waals surface area contributed by atoms with Gasteiger partial charge in [0.15, 0.2) is 0 Å². The van der Waals surface area contributed by atoms with Gasteiger partial charge >= 0.3 is 7.12 Å². The smallest absolute Gasteiger partial charge is 0.483 e. The summed E-state index contributed by atoms with van der Waals surface area (Å²) >= 11 is 0. The number of aliphatic imine (C=N–C) groups is 2. The van der Waals surface area contributed by atoms with Crippen molar-refractivity contribution in [2.75, 3.05) is 14.2 Å². The minimum absolute atomic E-state index is 0.0948. The van der Waals surface area contributed by atoms with Crippen LogP contribution in [0.25, 0.3) is 0 Å². The third-order valence-electron chi connectivity index (χ3n) is 7.48. The maximum absolute atomic E-state index is 6.36. The lowest BCUT2D eigenvalue weighted by atomic mass is 9.74. The number of fused-ring (bicyclic) bond motifs is 1. The summed E-state index contributed by atoms with van der Waals surface area (Å²) in [5.74, 6) is 1.67. The van der Waals surface area contributed by atoms with Crippen molar-refractivity contribution in [3.8, 4) is 0 Å². The van der Waals surface area contributed by atoms with Gasteiger partial charge in [0.1, 0.15) is 12.1 Å². The Bertz CT molecular complexity index is 922. The summed E-state index contributed by atoms with van der Waals surface area (Å²) in [5, 5.41) is 0. The van der Waals surface area contributed by atoms with Crippen molar-refractivity contribution >= 4 is 24.4 Å². The van der Waals surface area contributed by atoms with Gasteiger partial charge in [-0.15, -0.1) is 0 Å². The van der Waals surface area contributed by atoms with Crippen molar-refractivity contribution in [1.29, 1.82) is 0 Å². The lowest BCUT2D eigenvalue weighted by molar-refractivity contribution is 0.00578. The van der Waals surface area contributed by atoms with Crippen molar-refractivity contribution in [3.05, 3.63) is 28.8 Å². The second-order valence-electron chi connectivity index (χ2n) is 10.5. The van der Waals surface area contributed by atoms with Gasteiger partial charge in [0.2, 0.25) is 11.8 Å². The van der Waals surface area contributed by atoms with Gasteiger partial charge < -0.3 is 18.8 Å². The largest absolute Gasteiger partial charge is 0.495 e. The normalized spacial score (nSPS) is 26.1. The highest BCUT2D eigenvalue weighted by atomic mass is 16.7. The summed E-state index contributed by atoms with van der Waals surface area (Å²) in [7, 11) is 3.04. The van der Waals surface area contributed by atoms with E-state index in [1.165, 1.54) is 22.2 Å².